The standard InChI is InChI=1S/C20H21N3O5/c1-27-17-8-14-15(9-18(17)28-2)22-12-23(20(14)26)11-19(25)21-10-16(24)13-6-4-3-5-7-13/h3-9,12,16,24H,10-11H2,1-2H3,(H,21,25)/t16-/m1/s1. The maximum Gasteiger partial charge on any atom is 0.261 e. The lowest BCUT2D eigenvalue weighted by atomic mass is 10.1. The molecule has 0 saturated carbocycles. The number of rotatable bonds is 7. The third kappa shape index (κ3) is 4.12. The zero-order chi connectivity index (χ0) is 20.1. The van der Waals surface area contributed by atoms with Crippen LogP contribution in [0.25, 0.3) is 10.9 Å². The minimum Gasteiger partial charge on any atom is -0.493 e. The van der Waals surface area contributed by atoms with Crippen LogP contribution in [-0.2, 0) is 11.3 Å². The van der Waals surface area contributed by atoms with Crippen LogP contribution in [0, 0.1) is 0 Å². The van der Waals surface area contributed by atoms with Crippen LogP contribution in [-0.4, -0.2) is 41.3 Å². The lowest BCUT2D eigenvalue weighted by molar-refractivity contribution is -0.122. The summed E-state index contributed by atoms with van der Waals surface area (Å²) in [4.78, 5) is 29.1. The number of aliphatic hydroxyl groups excluding tert-OH is 1. The smallest absolute Gasteiger partial charge is 0.261 e. The molecule has 3 aromatic rings. The number of methoxy groups -OCH3 is 2. The zero-order valence-corrected chi connectivity index (χ0v) is 15.6. The van der Waals surface area contributed by atoms with Crippen molar-refractivity contribution >= 4 is 16.8 Å². The number of aliphatic hydroxyl groups is 1. The molecule has 1 amide bonds. The average Bonchev–Trinajstić information content (AvgIpc) is 2.73. The molecule has 8 nitrogen and oxygen atoms in total. The highest BCUT2D eigenvalue weighted by Gasteiger charge is 2.14. The molecular weight excluding hydrogens is 362 g/mol. The minimum absolute atomic E-state index is 0.0453. The van der Waals surface area contributed by atoms with Crippen molar-refractivity contribution in [2.24, 2.45) is 0 Å². The van der Waals surface area contributed by atoms with E-state index in [1.807, 2.05) is 18.2 Å². The number of hydrogen-bond acceptors (Lipinski definition) is 6. The van der Waals surface area contributed by atoms with Crippen molar-refractivity contribution in [1.82, 2.24) is 14.9 Å². The number of fused-ring (bicyclic) bond motifs is 1. The Morgan fingerprint density at radius 3 is 2.54 bits per heavy atom. The Hall–Kier alpha value is -3.39. The van der Waals surface area contributed by atoms with Crippen molar-refractivity contribution in [2.75, 3.05) is 20.8 Å². The summed E-state index contributed by atoms with van der Waals surface area (Å²) in [7, 11) is 2.98. The highest BCUT2D eigenvalue weighted by atomic mass is 16.5. The maximum atomic E-state index is 12.7. The Kier molecular flexibility index (Phi) is 5.90. The van der Waals surface area contributed by atoms with Crippen LogP contribution in [0.3, 0.4) is 0 Å². The van der Waals surface area contributed by atoms with E-state index < -0.39 is 12.0 Å². The Labute approximate surface area is 161 Å². The third-order valence-corrected chi connectivity index (χ3v) is 4.32. The number of nitrogens with zero attached hydrogens (tertiary/aromatic N) is 2. The highest BCUT2D eigenvalue weighted by Crippen LogP contribution is 2.29. The normalized spacial score (nSPS) is 11.8. The van der Waals surface area contributed by atoms with Gasteiger partial charge in [0.1, 0.15) is 6.54 Å². The Morgan fingerprint density at radius 2 is 1.86 bits per heavy atom. The van der Waals surface area contributed by atoms with Crippen molar-refractivity contribution in [3.63, 3.8) is 0 Å². The van der Waals surface area contributed by atoms with E-state index in [1.165, 1.54) is 31.2 Å². The lowest BCUT2D eigenvalue weighted by Crippen LogP contribution is -2.34. The van der Waals surface area contributed by atoms with Gasteiger partial charge in [0.25, 0.3) is 5.56 Å². The molecule has 0 fully saturated rings. The van der Waals surface area contributed by atoms with Gasteiger partial charge in [-0.25, -0.2) is 4.98 Å². The number of hydrogen-bond donors (Lipinski definition) is 2. The SMILES string of the molecule is COc1cc2ncn(CC(=O)NC[C@@H](O)c3ccccc3)c(=O)c2cc1OC. The first-order chi connectivity index (χ1) is 13.5. The number of carbonyl (C=O) groups is 1. The lowest BCUT2D eigenvalue weighted by Gasteiger charge is -2.13. The van der Waals surface area contributed by atoms with Crippen LogP contribution in [0.1, 0.15) is 11.7 Å². The highest BCUT2D eigenvalue weighted by molar-refractivity contribution is 5.82. The Balaban J connectivity index is 1.74. The van der Waals surface area contributed by atoms with Crippen LogP contribution in [0.2, 0.25) is 0 Å². The molecule has 0 spiro atoms. The van der Waals surface area contributed by atoms with Gasteiger partial charge >= 0.3 is 0 Å². The van der Waals surface area contributed by atoms with Crippen molar-refractivity contribution in [3.05, 3.63) is 64.7 Å². The molecule has 1 atom stereocenters. The molecule has 0 aliphatic rings. The van der Waals surface area contributed by atoms with Gasteiger partial charge < -0.3 is 19.9 Å². The zero-order valence-electron chi connectivity index (χ0n) is 15.6. The van der Waals surface area contributed by atoms with E-state index >= 15 is 0 Å². The summed E-state index contributed by atoms with van der Waals surface area (Å²) in [5.74, 6) is 0.466. The van der Waals surface area contributed by atoms with Crippen LogP contribution < -0.4 is 20.3 Å². The average molecular weight is 383 g/mol. The van der Waals surface area contributed by atoms with Gasteiger partial charge in [0.05, 0.1) is 37.6 Å². The van der Waals surface area contributed by atoms with E-state index in [-0.39, 0.29) is 18.6 Å². The van der Waals surface area contributed by atoms with Crippen molar-refractivity contribution in [1.29, 1.82) is 0 Å². The molecule has 1 aromatic heterocycles. The predicted octanol–water partition coefficient (Wildman–Crippen LogP) is 1.26. The van der Waals surface area contributed by atoms with Crippen molar-refractivity contribution in [2.45, 2.75) is 12.6 Å². The molecule has 1 heterocycles. The number of benzene rings is 2. The summed E-state index contributed by atoms with van der Waals surface area (Å²) < 4.78 is 11.6. The largest absolute Gasteiger partial charge is 0.493 e. The van der Waals surface area contributed by atoms with Gasteiger partial charge in [0.15, 0.2) is 11.5 Å². The van der Waals surface area contributed by atoms with E-state index in [9.17, 15) is 14.7 Å². The second-order valence-electron chi connectivity index (χ2n) is 6.13. The van der Waals surface area contributed by atoms with Gasteiger partial charge in [0.2, 0.25) is 5.91 Å². The quantitative estimate of drug-likeness (QED) is 0.637. The summed E-state index contributed by atoms with van der Waals surface area (Å²) in [6.07, 6.45) is 0.484. The fourth-order valence-electron chi connectivity index (χ4n) is 2.81. The maximum absolute atomic E-state index is 12.7. The molecule has 0 bridgehead atoms. The fourth-order valence-corrected chi connectivity index (χ4v) is 2.81. The summed E-state index contributed by atoms with van der Waals surface area (Å²) in [5.41, 5.74) is 0.775. The van der Waals surface area contributed by atoms with Gasteiger partial charge in [-0.2, -0.15) is 0 Å². The van der Waals surface area contributed by atoms with Gasteiger partial charge in [-0.1, -0.05) is 30.3 Å². The third-order valence-electron chi connectivity index (χ3n) is 4.32. The van der Waals surface area contributed by atoms with Gasteiger partial charge in [-0.3, -0.25) is 14.2 Å². The first kappa shape index (κ1) is 19.4. The summed E-state index contributed by atoms with van der Waals surface area (Å²) >= 11 is 0. The Morgan fingerprint density at radius 1 is 1.18 bits per heavy atom. The molecule has 0 aliphatic carbocycles. The molecule has 8 heteroatoms. The second-order valence-corrected chi connectivity index (χ2v) is 6.13. The molecule has 28 heavy (non-hydrogen) atoms. The first-order valence-electron chi connectivity index (χ1n) is 8.64. The van der Waals surface area contributed by atoms with Crippen molar-refractivity contribution < 1.29 is 19.4 Å². The van der Waals surface area contributed by atoms with E-state index in [4.69, 9.17) is 9.47 Å². The summed E-state index contributed by atoms with van der Waals surface area (Å²) in [6, 6.07) is 12.2. The topological polar surface area (TPSA) is 103 Å². The molecule has 3 rings (SSSR count). The summed E-state index contributed by atoms with van der Waals surface area (Å²) in [5, 5.41) is 13.1. The van der Waals surface area contributed by atoms with E-state index in [2.05, 4.69) is 10.3 Å². The number of nitrogens with one attached hydrogen (secondary N) is 1. The van der Waals surface area contributed by atoms with Gasteiger partial charge in [-0.15, -0.1) is 0 Å². The van der Waals surface area contributed by atoms with Crippen LogP contribution in [0.4, 0.5) is 0 Å². The van der Waals surface area contributed by atoms with E-state index in [0.29, 0.717) is 28.0 Å². The Bertz CT molecular complexity index is 1030. The number of carbonyl (C=O) groups excluding carboxylic acids is 1. The molecule has 0 aliphatic heterocycles. The van der Waals surface area contributed by atoms with Crippen molar-refractivity contribution in [3.8, 4) is 11.5 Å². The molecule has 0 radical (unpaired) electrons. The molecule has 2 N–H and O–H groups in total. The van der Waals surface area contributed by atoms with Crippen LogP contribution >= 0.6 is 0 Å². The number of aromatic nitrogens is 2. The molecule has 146 valence electrons. The second kappa shape index (κ2) is 8.53. The van der Waals surface area contributed by atoms with Crippen LogP contribution in [0.5, 0.6) is 11.5 Å². The molecule has 0 unspecified atom stereocenters. The molecular formula is C20H21N3O5. The van der Waals surface area contributed by atoms with E-state index in [0.717, 1.165) is 0 Å². The summed E-state index contributed by atoms with van der Waals surface area (Å²) in [6.45, 7) is -0.165. The first-order valence-corrected chi connectivity index (χ1v) is 8.64. The molecule has 2 aromatic carbocycles. The minimum atomic E-state index is -0.826. The van der Waals surface area contributed by atoms with E-state index in [1.54, 1.807) is 18.2 Å². The van der Waals surface area contributed by atoms with Gasteiger partial charge in [0, 0.05) is 12.6 Å². The predicted molar refractivity (Wildman–Crippen MR) is 104 cm³/mol. The van der Waals surface area contributed by atoms with Gasteiger partial charge in [-0.05, 0) is 11.6 Å². The number of ether oxygens (including phenoxy) is 2. The number of amides is 1. The van der Waals surface area contributed by atoms with Crippen LogP contribution in [0.15, 0.2) is 53.6 Å². The fraction of sp³-hybridized carbons (Fsp3) is 0.250. The molecule has 0 saturated heterocycles. The monoisotopic (exact) mass is 383 g/mol.